The average molecular weight is 242 g/mol. The summed E-state index contributed by atoms with van der Waals surface area (Å²) in [6.07, 6.45) is 1.18. The van der Waals surface area contributed by atoms with Crippen LogP contribution in [0.15, 0.2) is 18.2 Å². The standard InChI is InChI=1S/C15H18N2O/c1-11-3-4-14(12(2)7-11)10-17-6-5-13(9-16)8-15(17)18/h3-4,7,13H,5-6,8,10H2,1-2H3. The molecular weight excluding hydrogens is 224 g/mol. The molecule has 1 aromatic rings. The first-order valence-electron chi connectivity index (χ1n) is 6.33. The average Bonchev–Trinajstić information content (AvgIpc) is 2.34. The lowest BCUT2D eigenvalue weighted by atomic mass is 9.97. The molecule has 1 heterocycles. The van der Waals surface area contributed by atoms with Gasteiger partial charge in [0.15, 0.2) is 0 Å². The van der Waals surface area contributed by atoms with Crippen molar-refractivity contribution in [1.29, 1.82) is 5.26 Å². The lowest BCUT2D eigenvalue weighted by Crippen LogP contribution is -2.38. The van der Waals surface area contributed by atoms with Gasteiger partial charge in [0.2, 0.25) is 5.91 Å². The van der Waals surface area contributed by atoms with Gasteiger partial charge in [0.1, 0.15) is 0 Å². The predicted molar refractivity (Wildman–Crippen MR) is 69.7 cm³/mol. The summed E-state index contributed by atoms with van der Waals surface area (Å²) in [5, 5.41) is 8.84. The van der Waals surface area contributed by atoms with E-state index in [1.807, 2.05) is 4.90 Å². The van der Waals surface area contributed by atoms with Crippen LogP contribution in [0, 0.1) is 31.1 Å². The smallest absolute Gasteiger partial charge is 0.224 e. The Morgan fingerprint density at radius 2 is 2.22 bits per heavy atom. The number of nitrogens with zero attached hydrogens (tertiary/aromatic N) is 2. The van der Waals surface area contributed by atoms with Gasteiger partial charge in [0.25, 0.3) is 0 Å². The second-order valence-corrected chi connectivity index (χ2v) is 5.06. The number of aryl methyl sites for hydroxylation is 2. The number of hydrogen-bond acceptors (Lipinski definition) is 2. The van der Waals surface area contributed by atoms with E-state index in [1.54, 1.807) is 0 Å². The SMILES string of the molecule is Cc1ccc(CN2CCC(C#N)CC2=O)c(C)c1. The summed E-state index contributed by atoms with van der Waals surface area (Å²) < 4.78 is 0. The quantitative estimate of drug-likeness (QED) is 0.800. The summed E-state index contributed by atoms with van der Waals surface area (Å²) in [5.74, 6) is 0.0145. The second-order valence-electron chi connectivity index (χ2n) is 5.06. The highest BCUT2D eigenvalue weighted by atomic mass is 16.2. The first-order chi connectivity index (χ1) is 8.60. The lowest BCUT2D eigenvalue weighted by Gasteiger charge is -2.29. The van der Waals surface area contributed by atoms with E-state index >= 15 is 0 Å². The van der Waals surface area contributed by atoms with Gasteiger partial charge in [-0.1, -0.05) is 23.8 Å². The Morgan fingerprint density at radius 3 is 2.83 bits per heavy atom. The second kappa shape index (κ2) is 5.22. The zero-order valence-corrected chi connectivity index (χ0v) is 10.9. The number of nitriles is 1. The Kier molecular flexibility index (Phi) is 3.66. The van der Waals surface area contributed by atoms with Crippen LogP contribution in [-0.2, 0) is 11.3 Å². The Morgan fingerprint density at radius 1 is 1.44 bits per heavy atom. The molecule has 1 saturated heterocycles. The highest BCUT2D eigenvalue weighted by molar-refractivity contribution is 5.77. The van der Waals surface area contributed by atoms with Crippen molar-refractivity contribution < 1.29 is 4.79 Å². The number of carbonyl (C=O) groups excluding carboxylic acids is 1. The van der Waals surface area contributed by atoms with Crippen molar-refractivity contribution in [3.63, 3.8) is 0 Å². The molecule has 3 heteroatoms. The van der Waals surface area contributed by atoms with E-state index in [2.05, 4.69) is 38.1 Å². The molecule has 3 nitrogen and oxygen atoms in total. The topological polar surface area (TPSA) is 44.1 Å². The van der Waals surface area contributed by atoms with Crippen molar-refractivity contribution in [2.45, 2.75) is 33.2 Å². The minimum atomic E-state index is -0.0899. The Bertz CT molecular complexity index is 502. The largest absolute Gasteiger partial charge is 0.338 e. The highest BCUT2D eigenvalue weighted by Gasteiger charge is 2.25. The first kappa shape index (κ1) is 12.6. The van der Waals surface area contributed by atoms with Crippen molar-refractivity contribution in [2.75, 3.05) is 6.54 Å². The summed E-state index contributed by atoms with van der Waals surface area (Å²) >= 11 is 0. The van der Waals surface area contributed by atoms with E-state index < -0.39 is 0 Å². The zero-order chi connectivity index (χ0) is 13.1. The number of amides is 1. The molecule has 18 heavy (non-hydrogen) atoms. The third-order valence-corrected chi connectivity index (χ3v) is 3.56. The fourth-order valence-corrected chi connectivity index (χ4v) is 2.38. The monoisotopic (exact) mass is 242 g/mol. The van der Waals surface area contributed by atoms with Crippen LogP contribution < -0.4 is 0 Å². The minimum Gasteiger partial charge on any atom is -0.338 e. The molecule has 1 aromatic carbocycles. The van der Waals surface area contributed by atoms with Gasteiger partial charge >= 0.3 is 0 Å². The third-order valence-electron chi connectivity index (χ3n) is 3.56. The van der Waals surface area contributed by atoms with Gasteiger partial charge in [0.05, 0.1) is 12.0 Å². The van der Waals surface area contributed by atoms with E-state index in [0.29, 0.717) is 19.5 Å². The van der Waals surface area contributed by atoms with E-state index in [4.69, 9.17) is 5.26 Å². The van der Waals surface area contributed by atoms with Crippen LogP contribution in [0.4, 0.5) is 0 Å². The molecule has 1 unspecified atom stereocenters. The van der Waals surface area contributed by atoms with Crippen LogP contribution in [0.25, 0.3) is 0 Å². The van der Waals surface area contributed by atoms with Gasteiger partial charge in [-0.05, 0) is 31.4 Å². The molecule has 1 aliphatic heterocycles. The molecule has 1 amide bonds. The molecule has 1 fully saturated rings. The lowest BCUT2D eigenvalue weighted by molar-refractivity contribution is -0.134. The maximum Gasteiger partial charge on any atom is 0.224 e. The molecule has 94 valence electrons. The van der Waals surface area contributed by atoms with E-state index in [-0.39, 0.29) is 11.8 Å². The summed E-state index contributed by atoms with van der Waals surface area (Å²) in [6.45, 7) is 5.52. The van der Waals surface area contributed by atoms with E-state index in [0.717, 1.165) is 6.42 Å². The van der Waals surface area contributed by atoms with Crippen molar-refractivity contribution >= 4 is 5.91 Å². The summed E-state index contributed by atoms with van der Waals surface area (Å²) in [5.41, 5.74) is 3.67. The Labute approximate surface area is 108 Å². The fourth-order valence-electron chi connectivity index (χ4n) is 2.38. The van der Waals surface area contributed by atoms with Crippen LogP contribution in [-0.4, -0.2) is 17.4 Å². The molecule has 0 aromatic heterocycles. The maximum absolute atomic E-state index is 11.9. The maximum atomic E-state index is 11.9. The molecule has 1 aliphatic rings. The summed E-state index contributed by atoms with van der Waals surface area (Å²) in [6, 6.07) is 8.50. The van der Waals surface area contributed by atoms with Gasteiger partial charge < -0.3 is 4.90 Å². The van der Waals surface area contributed by atoms with E-state index in [9.17, 15) is 4.79 Å². The van der Waals surface area contributed by atoms with Crippen LogP contribution >= 0.6 is 0 Å². The summed E-state index contributed by atoms with van der Waals surface area (Å²) in [7, 11) is 0. The number of carbonyl (C=O) groups is 1. The highest BCUT2D eigenvalue weighted by Crippen LogP contribution is 2.21. The number of piperidine rings is 1. The van der Waals surface area contributed by atoms with Crippen LogP contribution in [0.3, 0.4) is 0 Å². The fraction of sp³-hybridized carbons (Fsp3) is 0.467. The Hall–Kier alpha value is -1.82. The summed E-state index contributed by atoms with van der Waals surface area (Å²) in [4.78, 5) is 13.8. The molecule has 0 saturated carbocycles. The number of benzene rings is 1. The van der Waals surface area contributed by atoms with Crippen LogP contribution in [0.1, 0.15) is 29.5 Å². The van der Waals surface area contributed by atoms with Gasteiger partial charge in [-0.15, -0.1) is 0 Å². The third kappa shape index (κ3) is 2.70. The van der Waals surface area contributed by atoms with Crippen molar-refractivity contribution in [3.05, 3.63) is 34.9 Å². The number of rotatable bonds is 2. The van der Waals surface area contributed by atoms with Crippen molar-refractivity contribution in [2.24, 2.45) is 5.92 Å². The molecule has 1 atom stereocenters. The molecule has 0 bridgehead atoms. The molecule has 0 N–H and O–H groups in total. The van der Waals surface area contributed by atoms with Crippen molar-refractivity contribution in [1.82, 2.24) is 4.90 Å². The zero-order valence-electron chi connectivity index (χ0n) is 10.9. The normalized spacial score (nSPS) is 19.7. The van der Waals surface area contributed by atoms with Crippen LogP contribution in [0.5, 0.6) is 0 Å². The Balaban J connectivity index is 2.06. The van der Waals surface area contributed by atoms with Crippen molar-refractivity contribution in [3.8, 4) is 6.07 Å². The van der Waals surface area contributed by atoms with Gasteiger partial charge in [-0.2, -0.15) is 5.26 Å². The van der Waals surface area contributed by atoms with E-state index in [1.165, 1.54) is 16.7 Å². The molecule has 0 aliphatic carbocycles. The number of likely N-dealkylation sites (tertiary alicyclic amines) is 1. The molecular formula is C15H18N2O. The minimum absolute atomic E-state index is 0.0899. The molecule has 0 radical (unpaired) electrons. The molecule has 2 rings (SSSR count). The van der Waals surface area contributed by atoms with Gasteiger partial charge in [-0.25, -0.2) is 0 Å². The molecule has 0 spiro atoms. The van der Waals surface area contributed by atoms with Gasteiger partial charge in [0, 0.05) is 19.5 Å². The predicted octanol–water partition coefficient (Wildman–Crippen LogP) is 2.57. The number of hydrogen-bond donors (Lipinski definition) is 0. The van der Waals surface area contributed by atoms with Gasteiger partial charge in [-0.3, -0.25) is 4.79 Å². The first-order valence-corrected chi connectivity index (χ1v) is 6.33. The van der Waals surface area contributed by atoms with Crippen LogP contribution in [0.2, 0.25) is 0 Å².